The fraction of sp³-hybridized carbons (Fsp3) is 0.538. The third-order valence-corrected chi connectivity index (χ3v) is 2.47. The van der Waals surface area contributed by atoms with Gasteiger partial charge in [-0.25, -0.2) is 0 Å². The molecule has 0 spiro atoms. The molecule has 15 heavy (non-hydrogen) atoms. The van der Waals surface area contributed by atoms with Gasteiger partial charge in [-0.15, -0.1) is 0 Å². The van der Waals surface area contributed by atoms with Crippen molar-refractivity contribution in [1.82, 2.24) is 4.90 Å². The Morgan fingerprint density at radius 1 is 1.47 bits per heavy atom. The molecule has 0 aromatic heterocycles. The molecule has 2 nitrogen and oxygen atoms in total. The summed E-state index contributed by atoms with van der Waals surface area (Å²) in [5, 5.41) is 0. The van der Waals surface area contributed by atoms with E-state index in [2.05, 4.69) is 18.5 Å². The zero-order chi connectivity index (χ0) is 11.3. The lowest BCUT2D eigenvalue weighted by Gasteiger charge is -2.14. The molecule has 1 unspecified atom stereocenters. The minimum absolute atomic E-state index is 0.343. The second kappa shape index (κ2) is 5.76. The van der Waals surface area contributed by atoms with E-state index in [1.54, 1.807) is 0 Å². The van der Waals surface area contributed by atoms with Gasteiger partial charge in [0.25, 0.3) is 0 Å². The van der Waals surface area contributed by atoms with Crippen molar-refractivity contribution in [2.75, 3.05) is 20.1 Å². The highest BCUT2D eigenvalue weighted by Crippen LogP contribution is 2.15. The molecule has 0 aromatic carbocycles. The smallest absolute Gasteiger partial charge is 0.115 e. The van der Waals surface area contributed by atoms with E-state index in [4.69, 9.17) is 4.74 Å². The van der Waals surface area contributed by atoms with Gasteiger partial charge in [-0.3, -0.25) is 0 Å². The number of rotatable bonds is 4. The second-order valence-corrected chi connectivity index (χ2v) is 4.16. The summed E-state index contributed by atoms with van der Waals surface area (Å²) in [5.41, 5.74) is 1.04. The van der Waals surface area contributed by atoms with Crippen molar-refractivity contribution < 1.29 is 4.74 Å². The summed E-state index contributed by atoms with van der Waals surface area (Å²) in [5.74, 6) is 0.943. The maximum Gasteiger partial charge on any atom is 0.115 e. The lowest BCUT2D eigenvalue weighted by molar-refractivity contribution is 0.132. The lowest BCUT2D eigenvalue weighted by atomic mass is 10.3. The van der Waals surface area contributed by atoms with Gasteiger partial charge in [0.1, 0.15) is 11.9 Å². The Labute approximate surface area is 92.9 Å². The Kier molecular flexibility index (Phi) is 4.63. The van der Waals surface area contributed by atoms with Crippen molar-refractivity contribution in [2.24, 2.45) is 0 Å². The first-order valence-electron chi connectivity index (χ1n) is 5.47. The fourth-order valence-electron chi connectivity index (χ4n) is 1.61. The average molecular weight is 207 g/mol. The molecule has 1 atom stereocenters. The van der Waals surface area contributed by atoms with Gasteiger partial charge in [0, 0.05) is 13.1 Å². The number of allylic oxidation sites excluding steroid dienone is 4. The highest BCUT2D eigenvalue weighted by Gasteiger charge is 2.20. The summed E-state index contributed by atoms with van der Waals surface area (Å²) in [6.45, 7) is 9.96. The first-order chi connectivity index (χ1) is 7.11. The molecule has 0 amide bonds. The molecule has 2 heteroatoms. The van der Waals surface area contributed by atoms with Gasteiger partial charge >= 0.3 is 0 Å². The molecule has 1 aliphatic rings. The zero-order valence-corrected chi connectivity index (χ0v) is 9.99. The average Bonchev–Trinajstić information content (AvgIpc) is 2.58. The largest absolute Gasteiger partial charge is 0.489 e. The van der Waals surface area contributed by atoms with Gasteiger partial charge in [-0.1, -0.05) is 18.2 Å². The summed E-state index contributed by atoms with van der Waals surface area (Å²) in [7, 11) is 2.13. The van der Waals surface area contributed by atoms with Crippen LogP contribution in [0.5, 0.6) is 0 Å². The number of likely N-dealkylation sites (N-methyl/N-ethyl adjacent to an activating group) is 1. The van der Waals surface area contributed by atoms with Crippen LogP contribution in [0.25, 0.3) is 0 Å². The molecule has 84 valence electrons. The Morgan fingerprint density at radius 3 is 2.67 bits per heavy atom. The summed E-state index contributed by atoms with van der Waals surface area (Å²) in [6.07, 6.45) is 7.43. The quantitative estimate of drug-likeness (QED) is 0.519. The van der Waals surface area contributed by atoms with Crippen molar-refractivity contribution >= 4 is 0 Å². The van der Waals surface area contributed by atoms with E-state index in [-0.39, 0.29) is 0 Å². The molecular weight excluding hydrogens is 186 g/mol. The van der Waals surface area contributed by atoms with Crippen LogP contribution < -0.4 is 0 Å². The zero-order valence-electron chi connectivity index (χ0n) is 9.99. The summed E-state index contributed by atoms with van der Waals surface area (Å²) < 4.78 is 5.87. The van der Waals surface area contributed by atoms with Crippen LogP contribution in [-0.2, 0) is 4.74 Å². The van der Waals surface area contributed by atoms with E-state index >= 15 is 0 Å². The SMILES string of the molecule is C=C(C)/C=C\C(=C/C)OC1CCN(C)C1. The molecule has 1 saturated heterocycles. The van der Waals surface area contributed by atoms with Gasteiger partial charge < -0.3 is 9.64 Å². The second-order valence-electron chi connectivity index (χ2n) is 4.16. The van der Waals surface area contributed by atoms with E-state index in [0.717, 1.165) is 30.8 Å². The minimum atomic E-state index is 0.343. The highest BCUT2D eigenvalue weighted by molar-refractivity contribution is 5.21. The fourth-order valence-corrected chi connectivity index (χ4v) is 1.61. The number of hydrogen-bond acceptors (Lipinski definition) is 2. The maximum absolute atomic E-state index is 5.87. The molecule has 0 saturated carbocycles. The number of hydrogen-bond donors (Lipinski definition) is 0. The van der Waals surface area contributed by atoms with Crippen molar-refractivity contribution in [1.29, 1.82) is 0 Å². The van der Waals surface area contributed by atoms with Crippen LogP contribution in [0.3, 0.4) is 0 Å². The van der Waals surface area contributed by atoms with E-state index in [9.17, 15) is 0 Å². The molecule has 1 rings (SSSR count). The van der Waals surface area contributed by atoms with Gasteiger partial charge in [-0.2, -0.15) is 0 Å². The minimum Gasteiger partial charge on any atom is -0.489 e. The van der Waals surface area contributed by atoms with E-state index in [1.807, 2.05) is 32.1 Å². The number of nitrogens with zero attached hydrogens (tertiary/aromatic N) is 1. The van der Waals surface area contributed by atoms with E-state index in [0.29, 0.717) is 6.10 Å². The number of ether oxygens (including phenoxy) is 1. The Hall–Kier alpha value is -1.02. The standard InChI is InChI=1S/C13H21NO/c1-5-12(7-6-11(2)3)15-13-8-9-14(4)10-13/h5-7,13H,2,8-10H2,1,3-4H3/b7-6-,12-5+. The van der Waals surface area contributed by atoms with Crippen LogP contribution in [0, 0.1) is 0 Å². The summed E-state index contributed by atoms with van der Waals surface area (Å²) in [6, 6.07) is 0. The van der Waals surface area contributed by atoms with Crippen molar-refractivity contribution in [3.8, 4) is 0 Å². The topological polar surface area (TPSA) is 12.5 Å². The van der Waals surface area contributed by atoms with Crippen LogP contribution in [0.15, 0.2) is 36.1 Å². The lowest BCUT2D eigenvalue weighted by Crippen LogP contribution is -2.18. The van der Waals surface area contributed by atoms with E-state index < -0.39 is 0 Å². The Bertz CT molecular complexity index is 278. The molecule has 1 fully saturated rings. The van der Waals surface area contributed by atoms with Crippen LogP contribution in [-0.4, -0.2) is 31.1 Å². The normalized spacial score (nSPS) is 23.7. The molecule has 1 aliphatic heterocycles. The number of likely N-dealkylation sites (tertiary alicyclic amines) is 1. The molecule has 0 N–H and O–H groups in total. The molecule has 1 heterocycles. The molecule has 0 aliphatic carbocycles. The molecular formula is C13H21NO. The van der Waals surface area contributed by atoms with Crippen LogP contribution in [0.2, 0.25) is 0 Å². The third-order valence-electron chi connectivity index (χ3n) is 2.47. The van der Waals surface area contributed by atoms with Gasteiger partial charge in [-0.05, 0) is 39.5 Å². The highest BCUT2D eigenvalue weighted by atomic mass is 16.5. The van der Waals surface area contributed by atoms with E-state index in [1.165, 1.54) is 0 Å². The van der Waals surface area contributed by atoms with Crippen LogP contribution in [0.4, 0.5) is 0 Å². The van der Waals surface area contributed by atoms with Crippen molar-refractivity contribution in [3.63, 3.8) is 0 Å². The van der Waals surface area contributed by atoms with Crippen LogP contribution in [0.1, 0.15) is 20.3 Å². The van der Waals surface area contributed by atoms with Gasteiger partial charge in [0.2, 0.25) is 0 Å². The first kappa shape index (κ1) is 12.1. The monoisotopic (exact) mass is 207 g/mol. The summed E-state index contributed by atoms with van der Waals surface area (Å²) >= 11 is 0. The van der Waals surface area contributed by atoms with Gasteiger partial charge in [0.05, 0.1) is 0 Å². The molecule has 0 bridgehead atoms. The molecule has 0 radical (unpaired) electrons. The van der Waals surface area contributed by atoms with Crippen molar-refractivity contribution in [2.45, 2.75) is 26.4 Å². The maximum atomic E-state index is 5.87. The predicted octanol–water partition coefficient (Wildman–Crippen LogP) is 2.74. The predicted molar refractivity (Wildman–Crippen MR) is 64.7 cm³/mol. The Balaban J connectivity index is 2.44. The third kappa shape index (κ3) is 4.34. The molecule has 0 aromatic rings. The first-order valence-corrected chi connectivity index (χ1v) is 5.47. The van der Waals surface area contributed by atoms with Crippen molar-refractivity contribution in [3.05, 3.63) is 36.1 Å². The van der Waals surface area contributed by atoms with Crippen LogP contribution >= 0.6 is 0 Å². The summed E-state index contributed by atoms with van der Waals surface area (Å²) in [4.78, 5) is 2.29. The Morgan fingerprint density at radius 2 is 2.20 bits per heavy atom. The van der Waals surface area contributed by atoms with Gasteiger partial charge in [0.15, 0.2) is 0 Å².